The minimum absolute atomic E-state index is 0.0470. The van der Waals surface area contributed by atoms with Gasteiger partial charge in [0.25, 0.3) is 0 Å². The average Bonchev–Trinajstić information content (AvgIpc) is 3.24. The van der Waals surface area contributed by atoms with Gasteiger partial charge in [0.2, 0.25) is 5.13 Å². The molecule has 0 bridgehead atoms. The summed E-state index contributed by atoms with van der Waals surface area (Å²) in [7, 11) is 0. The van der Waals surface area contributed by atoms with Crippen molar-refractivity contribution in [3.05, 3.63) is 71.0 Å². The molecule has 3 aromatic rings. The van der Waals surface area contributed by atoms with Crippen molar-refractivity contribution in [2.45, 2.75) is 33.1 Å². The van der Waals surface area contributed by atoms with E-state index in [1.165, 1.54) is 28.2 Å². The SMILES string of the molecule is Cc1ccc(Cc2nsc(N3CCN(C(=O)Nc4ccc(C(C)C)cc4)CC3)n2)cc1. The smallest absolute Gasteiger partial charge is 0.321 e. The van der Waals surface area contributed by atoms with Gasteiger partial charge in [-0.2, -0.15) is 4.37 Å². The van der Waals surface area contributed by atoms with Gasteiger partial charge in [-0.25, -0.2) is 9.78 Å². The van der Waals surface area contributed by atoms with Crippen molar-refractivity contribution < 1.29 is 4.79 Å². The third-order valence-electron chi connectivity index (χ3n) is 5.61. The summed E-state index contributed by atoms with van der Waals surface area (Å²) in [5.41, 5.74) is 4.58. The monoisotopic (exact) mass is 435 g/mol. The number of hydrogen-bond donors (Lipinski definition) is 1. The lowest BCUT2D eigenvalue weighted by Gasteiger charge is -2.34. The van der Waals surface area contributed by atoms with Crippen molar-refractivity contribution in [2.75, 3.05) is 36.4 Å². The zero-order chi connectivity index (χ0) is 21.8. The molecule has 1 N–H and O–H groups in total. The van der Waals surface area contributed by atoms with Crippen LogP contribution in [0.2, 0.25) is 0 Å². The number of piperazine rings is 1. The second kappa shape index (κ2) is 9.47. The summed E-state index contributed by atoms with van der Waals surface area (Å²) in [5, 5.41) is 3.95. The minimum Gasteiger partial charge on any atom is -0.343 e. The van der Waals surface area contributed by atoms with Crippen molar-refractivity contribution >= 4 is 28.4 Å². The minimum atomic E-state index is -0.0470. The fraction of sp³-hybridized carbons (Fsp3) is 0.375. The topological polar surface area (TPSA) is 61.4 Å². The molecule has 162 valence electrons. The number of urea groups is 1. The number of aromatic nitrogens is 2. The van der Waals surface area contributed by atoms with E-state index >= 15 is 0 Å². The van der Waals surface area contributed by atoms with Gasteiger partial charge in [-0.05, 0) is 36.1 Å². The van der Waals surface area contributed by atoms with Gasteiger partial charge in [-0.15, -0.1) is 0 Å². The standard InChI is InChI=1S/C24H29N5OS/c1-17(2)20-8-10-21(11-9-20)25-23(30)28-12-14-29(15-13-28)24-26-22(27-31-24)16-19-6-4-18(3)5-7-19/h4-11,17H,12-16H2,1-3H3,(H,25,30). The first-order valence-electron chi connectivity index (χ1n) is 10.8. The van der Waals surface area contributed by atoms with Crippen LogP contribution in [0.3, 0.4) is 0 Å². The van der Waals surface area contributed by atoms with Gasteiger partial charge in [-0.1, -0.05) is 55.8 Å². The zero-order valence-corrected chi connectivity index (χ0v) is 19.2. The molecular weight excluding hydrogens is 406 g/mol. The molecule has 0 saturated carbocycles. The van der Waals surface area contributed by atoms with E-state index in [1.54, 1.807) is 0 Å². The van der Waals surface area contributed by atoms with Gasteiger partial charge in [0.15, 0.2) is 0 Å². The van der Waals surface area contributed by atoms with Crippen LogP contribution in [0, 0.1) is 6.92 Å². The number of carbonyl (C=O) groups excluding carboxylic acids is 1. The van der Waals surface area contributed by atoms with Gasteiger partial charge in [0.05, 0.1) is 0 Å². The molecule has 2 aromatic carbocycles. The summed E-state index contributed by atoms with van der Waals surface area (Å²) >= 11 is 1.44. The van der Waals surface area contributed by atoms with Crippen LogP contribution in [0.15, 0.2) is 48.5 Å². The molecular formula is C24H29N5OS. The summed E-state index contributed by atoms with van der Waals surface area (Å²) in [6, 6.07) is 16.5. The van der Waals surface area contributed by atoms with Gasteiger partial charge < -0.3 is 15.1 Å². The highest BCUT2D eigenvalue weighted by atomic mass is 32.1. The maximum absolute atomic E-state index is 12.6. The maximum Gasteiger partial charge on any atom is 0.321 e. The van der Waals surface area contributed by atoms with Crippen molar-refractivity contribution in [1.29, 1.82) is 0 Å². The van der Waals surface area contributed by atoms with Crippen LogP contribution in [0.4, 0.5) is 15.6 Å². The first kappa shape index (κ1) is 21.3. The number of hydrogen-bond acceptors (Lipinski definition) is 5. The molecule has 0 aliphatic carbocycles. The predicted molar refractivity (Wildman–Crippen MR) is 127 cm³/mol. The number of nitrogens with one attached hydrogen (secondary N) is 1. The Kier molecular flexibility index (Phi) is 6.51. The van der Waals surface area contributed by atoms with E-state index in [0.29, 0.717) is 19.0 Å². The molecule has 4 rings (SSSR count). The lowest BCUT2D eigenvalue weighted by Crippen LogP contribution is -2.50. The molecule has 1 aliphatic heterocycles. The summed E-state index contributed by atoms with van der Waals surface area (Å²) in [5.74, 6) is 1.34. The number of rotatable bonds is 5. The lowest BCUT2D eigenvalue weighted by atomic mass is 10.0. The highest BCUT2D eigenvalue weighted by molar-refractivity contribution is 7.09. The molecule has 0 spiro atoms. The molecule has 2 heterocycles. The van der Waals surface area contributed by atoms with Crippen LogP contribution in [0.5, 0.6) is 0 Å². The Bertz CT molecular complexity index is 1010. The number of aryl methyl sites for hydroxylation is 1. The van der Waals surface area contributed by atoms with Crippen molar-refractivity contribution in [2.24, 2.45) is 0 Å². The van der Waals surface area contributed by atoms with Gasteiger partial charge in [0, 0.05) is 49.8 Å². The highest BCUT2D eigenvalue weighted by Gasteiger charge is 2.23. The van der Waals surface area contributed by atoms with E-state index in [0.717, 1.165) is 36.2 Å². The Morgan fingerprint density at radius 2 is 1.71 bits per heavy atom. The van der Waals surface area contributed by atoms with E-state index in [-0.39, 0.29) is 6.03 Å². The van der Waals surface area contributed by atoms with Crippen LogP contribution >= 0.6 is 11.5 Å². The average molecular weight is 436 g/mol. The van der Waals surface area contributed by atoms with Crippen molar-refractivity contribution in [3.63, 3.8) is 0 Å². The van der Waals surface area contributed by atoms with Gasteiger partial charge in [-0.3, -0.25) is 0 Å². The van der Waals surface area contributed by atoms with Crippen LogP contribution < -0.4 is 10.2 Å². The molecule has 0 unspecified atom stereocenters. The summed E-state index contributed by atoms with van der Waals surface area (Å²) in [6.45, 7) is 9.28. The normalized spacial score (nSPS) is 14.2. The summed E-state index contributed by atoms with van der Waals surface area (Å²) in [6.07, 6.45) is 0.745. The number of nitrogens with zero attached hydrogens (tertiary/aromatic N) is 4. The lowest BCUT2D eigenvalue weighted by molar-refractivity contribution is 0.208. The Balaban J connectivity index is 1.28. The second-order valence-corrected chi connectivity index (χ2v) is 9.07. The maximum atomic E-state index is 12.6. The molecule has 0 radical (unpaired) electrons. The first-order chi connectivity index (χ1) is 15.0. The molecule has 0 atom stereocenters. The Morgan fingerprint density at radius 1 is 1.03 bits per heavy atom. The van der Waals surface area contributed by atoms with E-state index in [9.17, 15) is 4.79 Å². The molecule has 7 heteroatoms. The molecule has 2 amide bonds. The molecule has 1 aromatic heterocycles. The van der Waals surface area contributed by atoms with Crippen LogP contribution in [-0.2, 0) is 6.42 Å². The van der Waals surface area contributed by atoms with Crippen LogP contribution in [0.1, 0.15) is 42.3 Å². The van der Waals surface area contributed by atoms with E-state index in [1.807, 2.05) is 17.0 Å². The number of amides is 2. The molecule has 1 aliphatic rings. The fourth-order valence-corrected chi connectivity index (χ4v) is 4.32. The predicted octanol–water partition coefficient (Wildman–Crippen LogP) is 4.91. The Morgan fingerprint density at radius 3 is 2.35 bits per heavy atom. The summed E-state index contributed by atoms with van der Waals surface area (Å²) < 4.78 is 4.53. The van der Waals surface area contributed by atoms with Crippen molar-refractivity contribution in [3.8, 4) is 0 Å². The van der Waals surface area contributed by atoms with Crippen LogP contribution in [-0.4, -0.2) is 46.5 Å². The quantitative estimate of drug-likeness (QED) is 0.618. The zero-order valence-electron chi connectivity index (χ0n) is 18.3. The molecule has 1 fully saturated rings. The molecule has 31 heavy (non-hydrogen) atoms. The second-order valence-electron chi connectivity index (χ2n) is 8.34. The molecule has 6 nitrogen and oxygen atoms in total. The number of anilines is 2. The fourth-order valence-electron chi connectivity index (χ4n) is 3.59. The Hall–Kier alpha value is -2.93. The summed E-state index contributed by atoms with van der Waals surface area (Å²) in [4.78, 5) is 21.4. The molecule has 1 saturated heterocycles. The van der Waals surface area contributed by atoms with Crippen LogP contribution in [0.25, 0.3) is 0 Å². The highest BCUT2D eigenvalue weighted by Crippen LogP contribution is 2.21. The Labute approximate surface area is 188 Å². The van der Waals surface area contributed by atoms with E-state index < -0.39 is 0 Å². The van der Waals surface area contributed by atoms with Gasteiger partial charge in [0.1, 0.15) is 5.82 Å². The van der Waals surface area contributed by atoms with E-state index in [2.05, 4.69) is 71.8 Å². The largest absolute Gasteiger partial charge is 0.343 e. The first-order valence-corrected chi connectivity index (χ1v) is 11.5. The number of carbonyl (C=O) groups is 1. The third-order valence-corrected chi connectivity index (χ3v) is 6.42. The number of benzene rings is 2. The van der Waals surface area contributed by atoms with Gasteiger partial charge >= 0.3 is 6.03 Å². The van der Waals surface area contributed by atoms with Crippen molar-refractivity contribution in [1.82, 2.24) is 14.3 Å². The third kappa shape index (κ3) is 5.41. The van der Waals surface area contributed by atoms with E-state index in [4.69, 9.17) is 4.98 Å².